The minimum Gasteiger partial charge on any atom is -0.478 e. The zero-order valence-electron chi connectivity index (χ0n) is 39.1. The Kier molecular flexibility index (Phi) is 24.9. The van der Waals surface area contributed by atoms with Crippen LogP contribution in [-0.4, -0.2) is 16.9 Å². The highest BCUT2D eigenvalue weighted by atomic mass is 16.4. The fourth-order valence-electron chi connectivity index (χ4n) is 6.17. The first-order valence-electron chi connectivity index (χ1n) is 21.0. The Morgan fingerprint density at radius 1 is 0.907 bits per heavy atom. The number of carbonyl (C=O) groups is 2. The molecular formula is C50H86O4. The van der Waals surface area contributed by atoms with Crippen LogP contribution in [0.25, 0.3) is 5.57 Å². The van der Waals surface area contributed by atoms with Gasteiger partial charge in [0.25, 0.3) is 0 Å². The van der Waals surface area contributed by atoms with E-state index in [1.807, 2.05) is 46.8 Å². The minimum atomic E-state index is -0.871. The van der Waals surface area contributed by atoms with E-state index in [1.165, 1.54) is 68.1 Å². The van der Waals surface area contributed by atoms with Crippen LogP contribution in [0.2, 0.25) is 0 Å². The van der Waals surface area contributed by atoms with Gasteiger partial charge in [-0.05, 0) is 131 Å². The number of carboxylic acids is 1. The molecule has 1 fully saturated rings. The fourth-order valence-corrected chi connectivity index (χ4v) is 6.17. The largest absolute Gasteiger partial charge is 0.478 e. The third-order valence-corrected chi connectivity index (χ3v) is 9.88. The maximum atomic E-state index is 12.5. The molecule has 310 valence electrons. The quantitative estimate of drug-likeness (QED) is 0.139. The summed E-state index contributed by atoms with van der Waals surface area (Å²) in [4.78, 5) is 23.4. The van der Waals surface area contributed by atoms with Crippen molar-refractivity contribution in [3.8, 4) is 0 Å². The summed E-state index contributed by atoms with van der Waals surface area (Å²) >= 11 is 0. The summed E-state index contributed by atoms with van der Waals surface area (Å²) in [5, 5.41) is 8.96. The van der Waals surface area contributed by atoms with Gasteiger partial charge in [0.05, 0.1) is 5.57 Å². The van der Waals surface area contributed by atoms with Gasteiger partial charge in [-0.15, -0.1) is 0 Å². The Balaban J connectivity index is 0. The molecule has 1 N–H and O–H groups in total. The van der Waals surface area contributed by atoms with Crippen LogP contribution in [0.5, 0.6) is 0 Å². The summed E-state index contributed by atoms with van der Waals surface area (Å²) < 4.78 is 6.19. The molecule has 0 aromatic carbocycles. The van der Waals surface area contributed by atoms with Crippen LogP contribution >= 0.6 is 0 Å². The van der Waals surface area contributed by atoms with Crippen LogP contribution in [0.4, 0.5) is 0 Å². The molecule has 0 saturated heterocycles. The van der Waals surface area contributed by atoms with E-state index in [0.717, 1.165) is 28.9 Å². The van der Waals surface area contributed by atoms with Crippen LogP contribution in [0.15, 0.2) is 62.7 Å². The second kappa shape index (κ2) is 25.3. The normalized spacial score (nSPS) is 15.6. The smallest absolute Gasteiger partial charge is 0.335 e. The maximum Gasteiger partial charge on any atom is 0.335 e. The lowest BCUT2D eigenvalue weighted by Crippen LogP contribution is -2.22. The lowest BCUT2D eigenvalue weighted by Gasteiger charge is -2.36. The van der Waals surface area contributed by atoms with Crippen LogP contribution in [0.3, 0.4) is 0 Å². The summed E-state index contributed by atoms with van der Waals surface area (Å²) in [6.07, 6.45) is 19.2. The summed E-state index contributed by atoms with van der Waals surface area (Å²) in [5.41, 5.74) is 8.18. The SMILES string of the molecule is CC(C)=C(/C=C(\c1oc(C(=O)C(C)C)cc1C)C(C)(C)C)C1CCC(C)(C)CC1.CCCC.CCCC(C)(C)C.C\C=C(C)/C(=C\C(C)=C\CC)C(=O)O. The summed E-state index contributed by atoms with van der Waals surface area (Å²) in [6, 6.07) is 1.92. The zero-order chi connectivity index (χ0) is 42.6. The number of allylic oxidation sites excluding steroid dienone is 8. The van der Waals surface area contributed by atoms with Gasteiger partial charge in [-0.3, -0.25) is 4.79 Å². The number of carboxylic acid groups (broad SMARTS) is 1. The number of unbranched alkanes of at least 4 members (excludes halogenated alkanes) is 1. The first-order chi connectivity index (χ1) is 24.7. The Morgan fingerprint density at radius 3 is 1.76 bits per heavy atom. The number of rotatable bonds is 11. The van der Waals surface area contributed by atoms with Gasteiger partial charge in [0.2, 0.25) is 5.78 Å². The molecule has 0 bridgehead atoms. The molecule has 1 aromatic rings. The molecule has 0 spiro atoms. The molecule has 0 radical (unpaired) electrons. The molecule has 1 aromatic heterocycles. The molecule has 1 aliphatic carbocycles. The molecule has 4 nitrogen and oxygen atoms in total. The molecule has 1 heterocycles. The van der Waals surface area contributed by atoms with Crippen molar-refractivity contribution in [2.24, 2.45) is 28.1 Å². The van der Waals surface area contributed by atoms with Crippen molar-refractivity contribution in [3.63, 3.8) is 0 Å². The number of aryl methyl sites for hydroxylation is 1. The van der Waals surface area contributed by atoms with E-state index in [4.69, 9.17) is 9.52 Å². The molecule has 0 aliphatic heterocycles. The van der Waals surface area contributed by atoms with Crippen LogP contribution in [0.1, 0.15) is 211 Å². The monoisotopic (exact) mass is 751 g/mol. The molecular weight excluding hydrogens is 665 g/mol. The van der Waals surface area contributed by atoms with E-state index in [-0.39, 0.29) is 17.1 Å². The molecule has 2 rings (SSSR count). The maximum absolute atomic E-state index is 12.5. The van der Waals surface area contributed by atoms with Gasteiger partial charge in [0.1, 0.15) is 5.76 Å². The second-order valence-corrected chi connectivity index (χ2v) is 18.8. The van der Waals surface area contributed by atoms with Crippen molar-refractivity contribution in [2.75, 3.05) is 0 Å². The first-order valence-corrected chi connectivity index (χ1v) is 21.0. The highest BCUT2D eigenvalue weighted by molar-refractivity contribution is 5.95. The van der Waals surface area contributed by atoms with E-state index < -0.39 is 5.97 Å². The van der Waals surface area contributed by atoms with Crippen LogP contribution < -0.4 is 0 Å². The van der Waals surface area contributed by atoms with Crippen molar-refractivity contribution in [3.05, 3.63) is 75.3 Å². The molecule has 54 heavy (non-hydrogen) atoms. The third kappa shape index (κ3) is 21.3. The molecule has 4 heteroatoms. The van der Waals surface area contributed by atoms with Crippen LogP contribution in [-0.2, 0) is 4.79 Å². The van der Waals surface area contributed by atoms with Crippen molar-refractivity contribution in [2.45, 2.75) is 196 Å². The second-order valence-electron chi connectivity index (χ2n) is 18.8. The van der Waals surface area contributed by atoms with E-state index in [2.05, 4.69) is 103 Å². The Hall–Kier alpha value is -2.88. The average Bonchev–Trinajstić information content (AvgIpc) is 3.43. The van der Waals surface area contributed by atoms with Crippen molar-refractivity contribution < 1.29 is 19.1 Å². The van der Waals surface area contributed by atoms with Gasteiger partial charge in [0.15, 0.2) is 5.76 Å². The van der Waals surface area contributed by atoms with E-state index in [0.29, 0.717) is 28.1 Å². The van der Waals surface area contributed by atoms with Crippen LogP contribution in [0, 0.1) is 35.0 Å². The van der Waals surface area contributed by atoms with E-state index >= 15 is 0 Å². The van der Waals surface area contributed by atoms with Gasteiger partial charge >= 0.3 is 5.97 Å². The summed E-state index contributed by atoms with van der Waals surface area (Å²) in [5.74, 6) is 1.11. The lowest BCUT2D eigenvalue weighted by molar-refractivity contribution is -0.132. The Labute approximate surface area is 335 Å². The number of aliphatic carboxylic acids is 1. The van der Waals surface area contributed by atoms with Crippen molar-refractivity contribution in [1.29, 1.82) is 0 Å². The van der Waals surface area contributed by atoms with Gasteiger partial charge < -0.3 is 9.52 Å². The van der Waals surface area contributed by atoms with Gasteiger partial charge in [-0.2, -0.15) is 0 Å². The lowest BCUT2D eigenvalue weighted by atomic mass is 9.69. The zero-order valence-corrected chi connectivity index (χ0v) is 39.1. The predicted molar refractivity (Wildman–Crippen MR) is 238 cm³/mol. The third-order valence-electron chi connectivity index (χ3n) is 9.88. The molecule has 1 aliphatic rings. The molecule has 0 amide bonds. The minimum absolute atomic E-state index is 0.0607. The first kappa shape index (κ1) is 53.2. The predicted octanol–water partition coefficient (Wildman–Crippen LogP) is 16.4. The van der Waals surface area contributed by atoms with Gasteiger partial charge in [-0.1, -0.05) is 146 Å². The highest BCUT2D eigenvalue weighted by Crippen LogP contribution is 2.44. The number of hydrogen-bond acceptors (Lipinski definition) is 3. The van der Waals surface area contributed by atoms with E-state index in [9.17, 15) is 9.59 Å². The van der Waals surface area contributed by atoms with Gasteiger partial charge in [0, 0.05) is 11.5 Å². The number of Topliss-reactive ketones (excluding diaryl/α,β-unsaturated/α-hetero) is 1. The topological polar surface area (TPSA) is 67.5 Å². The van der Waals surface area contributed by atoms with Crippen molar-refractivity contribution >= 4 is 17.3 Å². The number of furan rings is 1. The molecule has 1 saturated carbocycles. The average molecular weight is 751 g/mol. The molecule has 0 atom stereocenters. The summed E-state index contributed by atoms with van der Waals surface area (Å²) in [6.45, 7) is 42.8. The standard InChI is InChI=1S/C27H42O2.C12H18O2.C7H16.C4H10/c1-17(2)21(20-11-13-27(9,10)14-12-20)16-22(26(6,7)8)25-19(5)15-23(29-25)24(28)18(3)4;1-5-7-9(3)8-11(12(13)14)10(4)6-2;1-5-6-7(2,3)4;1-3-4-2/h15-16,18,20H,11-14H2,1-10H3;6-8H,5H2,1-4H3,(H,13,14);5-6H2,1-4H3;3-4H2,1-2H3/b22-16+;9-7+,10-6-,11-8+;;. The highest BCUT2D eigenvalue weighted by Gasteiger charge is 2.31. The fraction of sp³-hybridized carbons (Fsp3) is 0.680. The molecule has 0 unspecified atom stereocenters. The number of ketones is 1. The Bertz CT molecular complexity index is 1420. The number of hydrogen-bond donors (Lipinski definition) is 1. The summed E-state index contributed by atoms with van der Waals surface area (Å²) in [7, 11) is 0. The van der Waals surface area contributed by atoms with Crippen molar-refractivity contribution in [1.82, 2.24) is 0 Å². The van der Waals surface area contributed by atoms with Gasteiger partial charge in [-0.25, -0.2) is 4.79 Å². The Morgan fingerprint density at radius 2 is 1.43 bits per heavy atom. The number of carbonyl (C=O) groups excluding carboxylic acids is 1. The van der Waals surface area contributed by atoms with E-state index in [1.54, 1.807) is 19.1 Å².